The minimum Gasteiger partial charge on any atom is -0.495 e. The third kappa shape index (κ3) is 5.54. The van der Waals surface area contributed by atoms with Crippen molar-refractivity contribution in [3.8, 4) is 11.5 Å². The number of likely N-dealkylation sites (N-methyl/N-ethyl adjacent to an activating group) is 1. The van der Waals surface area contributed by atoms with Crippen LogP contribution in [-0.4, -0.2) is 49.9 Å². The van der Waals surface area contributed by atoms with Crippen LogP contribution in [0, 0.1) is 6.92 Å². The van der Waals surface area contributed by atoms with Crippen molar-refractivity contribution in [3.05, 3.63) is 58.2 Å². The first-order chi connectivity index (χ1) is 16.5. The van der Waals surface area contributed by atoms with E-state index in [9.17, 15) is 17.1 Å². The Balaban J connectivity index is 1.61. The van der Waals surface area contributed by atoms with Crippen LogP contribution in [0.1, 0.15) is 21.5 Å². The molecule has 0 fully saturated rings. The van der Waals surface area contributed by atoms with Crippen LogP contribution in [0.5, 0.6) is 11.5 Å². The fourth-order valence-corrected chi connectivity index (χ4v) is 4.07. The molecule has 0 bridgehead atoms. The van der Waals surface area contributed by atoms with E-state index in [1.54, 1.807) is 24.9 Å². The number of nitrogens with zero attached hydrogens (tertiary/aromatic N) is 3. The first-order valence-corrected chi connectivity index (χ1v) is 12.0. The highest BCUT2D eigenvalue weighted by Crippen LogP contribution is 2.34. The van der Waals surface area contributed by atoms with Crippen molar-refractivity contribution >= 4 is 51.2 Å². The van der Waals surface area contributed by atoms with Gasteiger partial charge in [-0.25, -0.2) is 4.98 Å². The lowest BCUT2D eigenvalue weighted by Gasteiger charge is -2.26. The smallest absolute Gasteiger partial charge is 0.488 e. The molecule has 2 N–H and O–H groups in total. The molecule has 2 heterocycles. The largest absolute Gasteiger partial charge is 0.495 e. The van der Waals surface area contributed by atoms with Gasteiger partial charge in [0.05, 0.1) is 19.0 Å². The number of anilines is 4. The van der Waals surface area contributed by atoms with E-state index in [-0.39, 0.29) is 28.4 Å². The summed E-state index contributed by atoms with van der Waals surface area (Å²) in [4.78, 5) is 22.8. The van der Waals surface area contributed by atoms with E-state index >= 15 is 0 Å². The molecule has 0 spiro atoms. The summed E-state index contributed by atoms with van der Waals surface area (Å²) in [7, 11) is -1.85. The molecule has 0 saturated heterocycles. The zero-order valence-electron chi connectivity index (χ0n) is 18.9. The van der Waals surface area contributed by atoms with E-state index in [2.05, 4.69) is 24.8 Å². The lowest BCUT2D eigenvalue weighted by atomic mass is 9.98. The van der Waals surface area contributed by atoms with Crippen molar-refractivity contribution in [1.82, 2.24) is 14.9 Å². The first-order valence-electron chi connectivity index (χ1n) is 10.3. The topological polar surface area (TPSA) is 123 Å². The number of rotatable bonds is 7. The highest BCUT2D eigenvalue weighted by atomic mass is 35.5. The third-order valence-corrected chi connectivity index (χ3v) is 6.02. The zero-order valence-corrected chi connectivity index (χ0v) is 20.5. The van der Waals surface area contributed by atoms with Gasteiger partial charge in [-0.3, -0.25) is 4.79 Å². The maximum atomic E-state index is 12.8. The zero-order chi connectivity index (χ0) is 25.3. The second-order valence-electron chi connectivity index (χ2n) is 7.78. The number of fused-ring (bicyclic) bond motifs is 1. The molecule has 1 aliphatic heterocycles. The molecule has 0 saturated carbocycles. The van der Waals surface area contributed by atoms with Crippen molar-refractivity contribution in [1.29, 1.82) is 0 Å². The number of benzene rings is 2. The summed E-state index contributed by atoms with van der Waals surface area (Å²) in [5.74, 6) is 0.717. The second kappa shape index (κ2) is 9.55. The summed E-state index contributed by atoms with van der Waals surface area (Å²) in [5.41, 5.74) is 3.06. The average molecular weight is 522 g/mol. The molecule has 35 heavy (non-hydrogen) atoms. The highest BCUT2D eigenvalue weighted by Gasteiger charge is 2.24. The molecule has 1 amide bonds. The Morgan fingerprint density at radius 3 is 2.63 bits per heavy atom. The number of carbonyl (C=O) groups excluding carboxylic acids is 1. The fraction of sp³-hybridized carbons (Fsp3) is 0.227. The molecule has 2 aromatic carbocycles. The maximum absolute atomic E-state index is 12.8. The summed E-state index contributed by atoms with van der Waals surface area (Å²) < 4.78 is 43.9. The molecule has 0 radical (unpaired) electrons. The van der Waals surface area contributed by atoms with Crippen molar-refractivity contribution in [2.45, 2.75) is 13.3 Å². The van der Waals surface area contributed by atoms with Gasteiger partial charge in [0.1, 0.15) is 16.5 Å². The first kappa shape index (κ1) is 24.5. The number of aromatic nitrogens is 2. The van der Waals surface area contributed by atoms with Gasteiger partial charge in [-0.2, -0.15) is 13.4 Å². The van der Waals surface area contributed by atoms with Crippen molar-refractivity contribution in [3.63, 3.8) is 0 Å². The number of hydrogen-bond donors (Lipinski definition) is 2. The summed E-state index contributed by atoms with van der Waals surface area (Å²) in [6, 6.07) is 7.66. The molecule has 0 aliphatic carbocycles. The number of carbonyl (C=O) groups is 1. The van der Waals surface area contributed by atoms with Crippen LogP contribution in [0.2, 0.25) is 5.02 Å². The Hall–Kier alpha value is -3.64. The molecule has 4 rings (SSSR count). The van der Waals surface area contributed by atoms with Gasteiger partial charge in [0.25, 0.3) is 5.91 Å². The van der Waals surface area contributed by atoms with Gasteiger partial charge in [0, 0.05) is 24.8 Å². The lowest BCUT2D eigenvalue weighted by Crippen LogP contribution is -2.34. The lowest BCUT2D eigenvalue weighted by molar-refractivity contribution is 0.0781. The molecule has 184 valence electrons. The van der Waals surface area contributed by atoms with Crippen molar-refractivity contribution in [2.24, 2.45) is 0 Å². The Bertz CT molecular complexity index is 1420. The van der Waals surface area contributed by atoms with Gasteiger partial charge in [0.15, 0.2) is 5.82 Å². The predicted molar refractivity (Wildman–Crippen MR) is 129 cm³/mol. The number of hydrogen-bond acceptors (Lipinski definition) is 9. The number of ether oxygens (including phenoxy) is 1. The van der Waals surface area contributed by atoms with E-state index in [0.29, 0.717) is 34.8 Å². The summed E-state index contributed by atoms with van der Waals surface area (Å²) in [6.07, 6.45) is 2.12. The fourth-order valence-electron chi connectivity index (χ4n) is 3.60. The van der Waals surface area contributed by atoms with Crippen LogP contribution in [0.3, 0.4) is 0 Å². The molecule has 0 atom stereocenters. The molecule has 3 aromatic rings. The van der Waals surface area contributed by atoms with E-state index in [1.807, 2.05) is 6.07 Å². The Labute approximate surface area is 206 Å². The molecule has 0 unspecified atom stereocenters. The van der Waals surface area contributed by atoms with E-state index in [1.165, 1.54) is 31.5 Å². The Morgan fingerprint density at radius 1 is 1.17 bits per heavy atom. The minimum atomic E-state index is -5.13. The Kier molecular flexibility index (Phi) is 6.68. The molecule has 1 aromatic heterocycles. The number of methoxy groups -OCH3 is 1. The summed E-state index contributed by atoms with van der Waals surface area (Å²) >= 11 is 6.26. The van der Waals surface area contributed by atoms with Crippen LogP contribution >= 0.6 is 11.6 Å². The SMILES string of the molecule is COc1cc2c(cc1Nc1ncc(Cl)c(Nc3ccc(OS(=O)(=O)F)cc3C)n1)C(=O)N(C)CC2. The standard InChI is InChI=1S/C22H21ClFN5O5S/c1-12-8-14(34-35(24,31)32)4-5-17(12)26-20-16(23)11-25-22(28-20)27-18-10-15-13(9-19(18)33-3)6-7-29(2)21(15)30/h4-5,8-11H,6-7H2,1-3H3,(H2,25,26,27,28). The number of amides is 1. The normalized spacial score (nSPS) is 13.3. The van der Waals surface area contributed by atoms with Crippen LogP contribution in [0.15, 0.2) is 36.5 Å². The van der Waals surface area contributed by atoms with Gasteiger partial charge in [-0.05, 0) is 54.8 Å². The van der Waals surface area contributed by atoms with E-state index in [0.717, 1.165) is 12.0 Å². The van der Waals surface area contributed by atoms with Crippen LogP contribution in [0.25, 0.3) is 0 Å². The monoisotopic (exact) mass is 521 g/mol. The minimum absolute atomic E-state index is 0.0835. The van der Waals surface area contributed by atoms with Crippen LogP contribution < -0.4 is 19.6 Å². The van der Waals surface area contributed by atoms with Crippen LogP contribution in [-0.2, 0) is 16.9 Å². The Morgan fingerprint density at radius 2 is 1.94 bits per heavy atom. The number of halogens is 2. The average Bonchev–Trinajstić information content (AvgIpc) is 2.79. The molecular weight excluding hydrogens is 501 g/mol. The third-order valence-electron chi connectivity index (χ3n) is 5.36. The molecular formula is C22H21ClFN5O5S. The molecule has 1 aliphatic rings. The summed E-state index contributed by atoms with van der Waals surface area (Å²) in [6.45, 7) is 2.30. The quantitative estimate of drug-likeness (QED) is 0.441. The van der Waals surface area contributed by atoms with E-state index < -0.39 is 10.5 Å². The highest BCUT2D eigenvalue weighted by molar-refractivity contribution is 7.81. The van der Waals surface area contributed by atoms with Crippen molar-refractivity contribution in [2.75, 3.05) is 31.3 Å². The number of nitrogens with one attached hydrogen (secondary N) is 2. The van der Waals surface area contributed by atoms with Gasteiger partial charge >= 0.3 is 10.5 Å². The maximum Gasteiger partial charge on any atom is 0.488 e. The second-order valence-corrected chi connectivity index (χ2v) is 9.14. The number of aryl methyl sites for hydroxylation is 1. The van der Waals surface area contributed by atoms with Gasteiger partial charge < -0.3 is 24.5 Å². The molecule has 10 nitrogen and oxygen atoms in total. The summed E-state index contributed by atoms with van der Waals surface area (Å²) in [5, 5.41) is 6.32. The predicted octanol–water partition coefficient (Wildman–Crippen LogP) is 4.16. The van der Waals surface area contributed by atoms with Crippen LogP contribution in [0.4, 0.5) is 27.0 Å². The van der Waals surface area contributed by atoms with Gasteiger partial charge in [-0.1, -0.05) is 15.5 Å². The van der Waals surface area contributed by atoms with E-state index in [4.69, 9.17) is 16.3 Å². The van der Waals surface area contributed by atoms with Gasteiger partial charge in [0.2, 0.25) is 5.95 Å². The van der Waals surface area contributed by atoms with Crippen molar-refractivity contribution < 1.29 is 26.0 Å². The van der Waals surface area contributed by atoms with Gasteiger partial charge in [-0.15, -0.1) is 0 Å². The molecule has 13 heteroatoms.